The molecule has 6 aromatic rings. The summed E-state index contributed by atoms with van der Waals surface area (Å²) in [6, 6.07) is 34.7. The van der Waals surface area contributed by atoms with E-state index >= 15 is 4.39 Å². The molecule has 6 aromatic carbocycles. The number of methoxy groups -OCH3 is 1. The highest BCUT2D eigenvalue weighted by atomic mass is 19.1. The van der Waals surface area contributed by atoms with Crippen molar-refractivity contribution in [3.8, 4) is 11.5 Å². The van der Waals surface area contributed by atoms with Gasteiger partial charge in [-0.3, -0.25) is 0 Å². The molecule has 0 saturated carbocycles. The van der Waals surface area contributed by atoms with E-state index in [1.54, 1.807) is 13.2 Å². The predicted molar refractivity (Wildman–Crippen MR) is 172 cm³/mol. The third kappa shape index (κ3) is 4.07. The number of hydrogen-bond acceptors (Lipinski definition) is 4. The summed E-state index contributed by atoms with van der Waals surface area (Å²) in [7, 11) is 1.66. The Kier molecular flexibility index (Phi) is 6.09. The zero-order chi connectivity index (χ0) is 29.0. The lowest BCUT2D eigenvalue weighted by Gasteiger charge is -2.37. The summed E-state index contributed by atoms with van der Waals surface area (Å²) in [6.45, 7) is 3.17. The van der Waals surface area contributed by atoms with Gasteiger partial charge in [0.1, 0.15) is 17.3 Å². The lowest BCUT2D eigenvalue weighted by atomic mass is 9.82. The molecule has 5 heteroatoms. The van der Waals surface area contributed by atoms with Crippen LogP contribution in [-0.2, 0) is 10.3 Å². The highest BCUT2D eigenvalue weighted by molar-refractivity contribution is 6.27. The van der Waals surface area contributed by atoms with Gasteiger partial charge in [0.25, 0.3) is 0 Å². The second-order valence-corrected chi connectivity index (χ2v) is 11.2. The molecule has 0 aromatic heterocycles. The molecule has 4 nitrogen and oxygen atoms in total. The van der Waals surface area contributed by atoms with Gasteiger partial charge in [-0.15, -0.1) is 0 Å². The van der Waals surface area contributed by atoms with Crippen molar-refractivity contribution >= 4 is 44.1 Å². The SMILES string of the molecule is COc1ccc(C2(c3ccc(N4CCOCC4)cc3)C=Cc3c(F)cc4c5ccccc5c5ccccc5c4c3O2)cc1. The van der Waals surface area contributed by atoms with E-state index in [0.29, 0.717) is 11.3 Å². The molecule has 43 heavy (non-hydrogen) atoms. The fourth-order valence-electron chi connectivity index (χ4n) is 6.72. The standard InChI is InChI=1S/C38H30FNO3/c1-41-28-16-12-26(13-17-28)38(25-10-14-27(15-11-25)40-20-22-42-23-21-40)19-18-33-35(39)24-34-31-8-3-2-6-29(31)30-7-4-5-9-32(30)36(34)37(33)43-38/h2-19,24H,20-23H2,1H3. The van der Waals surface area contributed by atoms with Gasteiger partial charge in [0.05, 0.1) is 25.9 Å². The summed E-state index contributed by atoms with van der Waals surface area (Å²) in [6.07, 6.45) is 3.87. The molecule has 2 aliphatic heterocycles. The Bertz CT molecular complexity index is 2030. The topological polar surface area (TPSA) is 30.9 Å². The third-order valence-corrected chi connectivity index (χ3v) is 8.91. The van der Waals surface area contributed by atoms with Gasteiger partial charge >= 0.3 is 0 Å². The average Bonchev–Trinajstić information content (AvgIpc) is 3.08. The monoisotopic (exact) mass is 567 g/mol. The Morgan fingerprint density at radius 2 is 1.30 bits per heavy atom. The summed E-state index contributed by atoms with van der Waals surface area (Å²) >= 11 is 0. The van der Waals surface area contributed by atoms with E-state index < -0.39 is 5.60 Å². The highest BCUT2D eigenvalue weighted by Gasteiger charge is 2.39. The molecule has 8 rings (SSSR count). The van der Waals surface area contributed by atoms with Crippen molar-refractivity contribution in [2.24, 2.45) is 0 Å². The van der Waals surface area contributed by atoms with E-state index in [2.05, 4.69) is 59.5 Å². The molecule has 0 aliphatic carbocycles. The number of anilines is 1. The molecule has 0 radical (unpaired) electrons. The second-order valence-electron chi connectivity index (χ2n) is 11.2. The van der Waals surface area contributed by atoms with E-state index in [-0.39, 0.29) is 5.82 Å². The van der Waals surface area contributed by atoms with Crippen molar-refractivity contribution in [1.29, 1.82) is 0 Å². The van der Waals surface area contributed by atoms with Crippen molar-refractivity contribution in [3.05, 3.63) is 132 Å². The number of ether oxygens (including phenoxy) is 3. The van der Waals surface area contributed by atoms with Gasteiger partial charge in [0, 0.05) is 35.3 Å². The molecular formula is C38H30FNO3. The van der Waals surface area contributed by atoms with Gasteiger partial charge in [0.15, 0.2) is 5.60 Å². The zero-order valence-corrected chi connectivity index (χ0v) is 23.8. The van der Waals surface area contributed by atoms with Gasteiger partial charge in [-0.2, -0.15) is 0 Å². The molecule has 2 aliphatic rings. The zero-order valence-electron chi connectivity index (χ0n) is 23.8. The summed E-state index contributed by atoms with van der Waals surface area (Å²) in [5, 5.41) is 6.00. The number of fused-ring (bicyclic) bond motifs is 8. The van der Waals surface area contributed by atoms with E-state index in [4.69, 9.17) is 14.2 Å². The van der Waals surface area contributed by atoms with E-state index in [9.17, 15) is 0 Å². The largest absolute Gasteiger partial charge is 0.497 e. The number of nitrogens with zero attached hydrogens (tertiary/aromatic N) is 1. The molecule has 0 amide bonds. The molecule has 1 atom stereocenters. The molecule has 0 N–H and O–H groups in total. The second kappa shape index (κ2) is 10.1. The van der Waals surface area contributed by atoms with E-state index in [0.717, 1.165) is 81.2 Å². The summed E-state index contributed by atoms with van der Waals surface area (Å²) in [4.78, 5) is 2.33. The Labute approximate surface area is 249 Å². The van der Waals surface area contributed by atoms with Gasteiger partial charge in [0.2, 0.25) is 0 Å². The first-order chi connectivity index (χ1) is 21.2. The summed E-state index contributed by atoms with van der Waals surface area (Å²) in [5.41, 5.74) is 2.50. The predicted octanol–water partition coefficient (Wildman–Crippen LogP) is 8.48. The highest BCUT2D eigenvalue weighted by Crippen LogP contribution is 2.49. The molecule has 0 spiro atoms. The van der Waals surface area contributed by atoms with E-state index in [1.807, 2.05) is 54.6 Å². The van der Waals surface area contributed by atoms with Crippen LogP contribution in [0.1, 0.15) is 16.7 Å². The molecule has 1 saturated heterocycles. The maximum atomic E-state index is 16.0. The Morgan fingerprint density at radius 1 is 0.721 bits per heavy atom. The van der Waals surface area contributed by atoms with Crippen LogP contribution in [0.4, 0.5) is 10.1 Å². The summed E-state index contributed by atoms with van der Waals surface area (Å²) < 4.78 is 34.2. The minimum atomic E-state index is -0.990. The Hall–Kier alpha value is -4.87. The van der Waals surface area contributed by atoms with Gasteiger partial charge in [-0.1, -0.05) is 72.8 Å². The number of benzene rings is 6. The third-order valence-electron chi connectivity index (χ3n) is 8.91. The number of hydrogen-bond donors (Lipinski definition) is 0. The molecule has 1 unspecified atom stereocenters. The molecular weight excluding hydrogens is 537 g/mol. The normalized spacial score (nSPS) is 18.1. The van der Waals surface area contributed by atoms with Crippen molar-refractivity contribution in [3.63, 3.8) is 0 Å². The van der Waals surface area contributed by atoms with Gasteiger partial charge in [-0.05, 0) is 69.4 Å². The van der Waals surface area contributed by atoms with Crippen molar-refractivity contribution in [2.45, 2.75) is 5.60 Å². The van der Waals surface area contributed by atoms with Gasteiger partial charge < -0.3 is 19.1 Å². The fraction of sp³-hybridized carbons (Fsp3) is 0.158. The van der Waals surface area contributed by atoms with Crippen LogP contribution in [0.3, 0.4) is 0 Å². The van der Waals surface area contributed by atoms with Crippen molar-refractivity contribution in [2.75, 3.05) is 38.3 Å². The first kappa shape index (κ1) is 25.8. The number of morpholine rings is 1. The van der Waals surface area contributed by atoms with Crippen LogP contribution in [0.15, 0.2) is 109 Å². The van der Waals surface area contributed by atoms with Gasteiger partial charge in [-0.25, -0.2) is 4.39 Å². The first-order valence-electron chi connectivity index (χ1n) is 14.7. The molecule has 2 heterocycles. The Morgan fingerprint density at radius 3 is 1.95 bits per heavy atom. The number of rotatable bonds is 4. The van der Waals surface area contributed by atoms with E-state index in [1.165, 1.54) is 0 Å². The smallest absolute Gasteiger partial charge is 0.178 e. The molecule has 212 valence electrons. The van der Waals surface area contributed by atoms with Crippen LogP contribution in [0.5, 0.6) is 11.5 Å². The first-order valence-corrected chi connectivity index (χ1v) is 14.7. The van der Waals surface area contributed by atoms with Crippen LogP contribution in [0, 0.1) is 5.82 Å². The quantitative estimate of drug-likeness (QED) is 0.200. The van der Waals surface area contributed by atoms with Crippen LogP contribution in [-0.4, -0.2) is 33.4 Å². The lowest BCUT2D eigenvalue weighted by Crippen LogP contribution is -2.37. The maximum Gasteiger partial charge on any atom is 0.178 e. The van der Waals surface area contributed by atoms with Crippen LogP contribution in [0.2, 0.25) is 0 Å². The number of halogens is 1. The minimum absolute atomic E-state index is 0.301. The fourth-order valence-corrected chi connectivity index (χ4v) is 6.72. The van der Waals surface area contributed by atoms with Crippen molar-refractivity contribution < 1.29 is 18.6 Å². The summed E-state index contributed by atoms with van der Waals surface area (Å²) in [5.74, 6) is 1.01. The molecule has 1 fully saturated rings. The van der Waals surface area contributed by atoms with Crippen LogP contribution >= 0.6 is 0 Å². The van der Waals surface area contributed by atoms with Crippen LogP contribution < -0.4 is 14.4 Å². The maximum absolute atomic E-state index is 16.0. The minimum Gasteiger partial charge on any atom is -0.497 e. The van der Waals surface area contributed by atoms with Crippen molar-refractivity contribution in [1.82, 2.24) is 0 Å². The average molecular weight is 568 g/mol. The molecule has 0 bridgehead atoms. The Balaban J connectivity index is 1.38. The lowest BCUT2D eigenvalue weighted by molar-refractivity contribution is 0.122. The van der Waals surface area contributed by atoms with Crippen LogP contribution in [0.25, 0.3) is 38.4 Å².